The molecule has 6 heteroatoms. The second-order valence-corrected chi connectivity index (χ2v) is 7.95. The van der Waals surface area contributed by atoms with E-state index in [4.69, 9.17) is 4.74 Å². The van der Waals surface area contributed by atoms with Crippen LogP contribution in [0.25, 0.3) is 0 Å². The molecule has 3 rings (SSSR count). The van der Waals surface area contributed by atoms with Crippen LogP contribution in [0.2, 0.25) is 0 Å². The van der Waals surface area contributed by atoms with Crippen molar-refractivity contribution in [2.75, 3.05) is 24.5 Å². The van der Waals surface area contributed by atoms with Gasteiger partial charge in [-0.1, -0.05) is 12.1 Å². The van der Waals surface area contributed by atoms with E-state index in [9.17, 15) is 4.79 Å². The van der Waals surface area contributed by atoms with Gasteiger partial charge in [-0.25, -0.2) is 4.98 Å². The summed E-state index contributed by atoms with van der Waals surface area (Å²) in [4.78, 5) is 21.3. The summed E-state index contributed by atoms with van der Waals surface area (Å²) in [7, 11) is 0. The summed E-state index contributed by atoms with van der Waals surface area (Å²) in [5.74, 6) is 0.624. The van der Waals surface area contributed by atoms with Crippen LogP contribution in [0.3, 0.4) is 0 Å². The molecule has 0 radical (unpaired) electrons. The van der Waals surface area contributed by atoms with E-state index >= 15 is 0 Å². The van der Waals surface area contributed by atoms with Crippen LogP contribution in [-0.4, -0.2) is 47.6 Å². The third-order valence-electron chi connectivity index (χ3n) is 4.65. The van der Waals surface area contributed by atoms with E-state index in [-0.39, 0.29) is 18.1 Å². The number of aromatic nitrogens is 1. The van der Waals surface area contributed by atoms with Crippen molar-refractivity contribution in [2.45, 2.75) is 39.5 Å². The molecule has 0 aliphatic carbocycles. The lowest BCUT2D eigenvalue weighted by atomic mass is 10.1. The molecule has 1 aromatic carbocycles. The Kier molecular flexibility index (Phi) is 6.63. The van der Waals surface area contributed by atoms with E-state index in [1.54, 1.807) is 11.1 Å². The van der Waals surface area contributed by atoms with Crippen LogP contribution >= 0.6 is 15.9 Å². The Bertz CT molecular complexity index is 754. The van der Waals surface area contributed by atoms with Crippen molar-refractivity contribution in [2.24, 2.45) is 0 Å². The fraction of sp³-hybridized carbons (Fsp3) is 0.429. The number of hydrogen-bond acceptors (Lipinski definition) is 4. The number of hydrogen-bond donors (Lipinski definition) is 0. The minimum atomic E-state index is -0.0347. The topological polar surface area (TPSA) is 45.7 Å². The van der Waals surface area contributed by atoms with E-state index < -0.39 is 0 Å². The highest BCUT2D eigenvalue weighted by atomic mass is 79.9. The Morgan fingerprint density at radius 2 is 1.85 bits per heavy atom. The Morgan fingerprint density at radius 3 is 2.41 bits per heavy atom. The maximum absolute atomic E-state index is 12.9. The number of rotatable bonds is 5. The normalized spacial score (nSPS) is 20.4. The molecule has 0 bridgehead atoms. The van der Waals surface area contributed by atoms with Gasteiger partial charge >= 0.3 is 0 Å². The van der Waals surface area contributed by atoms with Gasteiger partial charge < -0.3 is 4.74 Å². The van der Waals surface area contributed by atoms with Crippen LogP contribution in [0.1, 0.15) is 36.7 Å². The minimum Gasteiger partial charge on any atom is -0.373 e. The van der Waals surface area contributed by atoms with Crippen molar-refractivity contribution in [3.63, 3.8) is 0 Å². The minimum absolute atomic E-state index is 0.0347. The van der Waals surface area contributed by atoms with Gasteiger partial charge in [-0.2, -0.15) is 0 Å². The van der Waals surface area contributed by atoms with Gasteiger partial charge in [0.1, 0.15) is 5.82 Å². The molecular weight excluding hydrogens is 406 g/mol. The number of anilines is 1. The number of morpholine rings is 1. The average molecular weight is 432 g/mol. The number of halogens is 1. The number of benzene rings is 1. The van der Waals surface area contributed by atoms with Crippen LogP contribution in [0.5, 0.6) is 0 Å². The summed E-state index contributed by atoms with van der Waals surface area (Å²) < 4.78 is 6.69. The van der Waals surface area contributed by atoms with E-state index in [2.05, 4.69) is 39.7 Å². The first-order valence-electron chi connectivity index (χ1n) is 9.36. The first-order valence-corrected chi connectivity index (χ1v) is 10.2. The van der Waals surface area contributed by atoms with E-state index in [1.807, 2.05) is 43.3 Å². The highest BCUT2D eigenvalue weighted by molar-refractivity contribution is 9.10. The van der Waals surface area contributed by atoms with Gasteiger partial charge in [-0.05, 0) is 66.5 Å². The predicted octanol–water partition coefficient (Wildman–Crippen LogP) is 4.12. The third kappa shape index (κ3) is 5.15. The van der Waals surface area contributed by atoms with Gasteiger partial charge in [0.2, 0.25) is 0 Å². The SMILES string of the molecule is CCN(C(=O)c1ccc(CN2CC(C)OC(C)C2)cc1)c1ccc(Br)cn1. The van der Waals surface area contributed by atoms with Crippen molar-refractivity contribution in [1.82, 2.24) is 9.88 Å². The van der Waals surface area contributed by atoms with E-state index in [1.165, 1.54) is 5.56 Å². The predicted molar refractivity (Wildman–Crippen MR) is 111 cm³/mol. The van der Waals surface area contributed by atoms with Crippen molar-refractivity contribution >= 4 is 27.7 Å². The molecule has 27 heavy (non-hydrogen) atoms. The molecule has 1 aliphatic rings. The Labute approximate surface area is 169 Å². The van der Waals surface area contributed by atoms with Crippen LogP contribution in [0.15, 0.2) is 47.1 Å². The Hall–Kier alpha value is -1.76. The van der Waals surface area contributed by atoms with Gasteiger partial charge in [-0.3, -0.25) is 14.6 Å². The molecule has 2 unspecified atom stereocenters. The zero-order valence-electron chi connectivity index (χ0n) is 16.1. The third-order valence-corrected chi connectivity index (χ3v) is 5.12. The van der Waals surface area contributed by atoms with Crippen LogP contribution < -0.4 is 4.90 Å². The standard InChI is InChI=1S/C21H26BrN3O2/c1-4-25(20-10-9-19(22)11-23-20)21(26)18-7-5-17(6-8-18)14-24-12-15(2)27-16(3)13-24/h5-11,15-16H,4,12-14H2,1-3H3. The highest BCUT2D eigenvalue weighted by Crippen LogP contribution is 2.19. The molecule has 0 spiro atoms. The lowest BCUT2D eigenvalue weighted by Gasteiger charge is -2.35. The Balaban J connectivity index is 1.68. The largest absolute Gasteiger partial charge is 0.373 e. The van der Waals surface area contributed by atoms with Gasteiger partial charge in [0, 0.05) is 42.4 Å². The number of nitrogens with zero attached hydrogens (tertiary/aromatic N) is 3. The van der Waals surface area contributed by atoms with Crippen LogP contribution in [0.4, 0.5) is 5.82 Å². The zero-order chi connectivity index (χ0) is 19.4. The molecule has 1 fully saturated rings. The monoisotopic (exact) mass is 431 g/mol. The molecule has 1 aliphatic heterocycles. The van der Waals surface area contributed by atoms with Gasteiger partial charge in [0.15, 0.2) is 0 Å². The summed E-state index contributed by atoms with van der Waals surface area (Å²) in [6, 6.07) is 11.6. The highest BCUT2D eigenvalue weighted by Gasteiger charge is 2.22. The molecule has 2 heterocycles. The maximum Gasteiger partial charge on any atom is 0.259 e. The second-order valence-electron chi connectivity index (χ2n) is 7.03. The van der Waals surface area contributed by atoms with Crippen molar-refractivity contribution in [1.29, 1.82) is 0 Å². The van der Waals surface area contributed by atoms with Gasteiger partial charge in [0.25, 0.3) is 5.91 Å². The zero-order valence-corrected chi connectivity index (χ0v) is 17.6. The fourth-order valence-corrected chi connectivity index (χ4v) is 3.75. The van der Waals surface area contributed by atoms with E-state index in [0.717, 1.165) is 24.1 Å². The summed E-state index contributed by atoms with van der Waals surface area (Å²) >= 11 is 3.38. The molecule has 2 aromatic rings. The summed E-state index contributed by atoms with van der Waals surface area (Å²) in [6.45, 7) is 9.49. The van der Waals surface area contributed by atoms with Gasteiger partial charge in [-0.15, -0.1) is 0 Å². The molecule has 0 saturated carbocycles. The molecule has 1 amide bonds. The average Bonchev–Trinajstić information content (AvgIpc) is 2.63. The number of amides is 1. The number of pyridine rings is 1. The summed E-state index contributed by atoms with van der Waals surface area (Å²) in [5.41, 5.74) is 1.88. The number of carbonyl (C=O) groups is 1. The Morgan fingerprint density at radius 1 is 1.19 bits per heavy atom. The van der Waals surface area contributed by atoms with Crippen LogP contribution in [0, 0.1) is 0 Å². The fourth-order valence-electron chi connectivity index (χ4n) is 3.52. The maximum atomic E-state index is 12.9. The van der Waals surface area contributed by atoms with Crippen molar-refractivity contribution in [3.8, 4) is 0 Å². The second kappa shape index (κ2) is 8.95. The smallest absolute Gasteiger partial charge is 0.259 e. The van der Waals surface area contributed by atoms with Crippen molar-refractivity contribution in [3.05, 3.63) is 58.2 Å². The first kappa shape index (κ1) is 20.0. The number of ether oxygens (including phenoxy) is 1. The lowest BCUT2D eigenvalue weighted by Crippen LogP contribution is -2.44. The van der Waals surface area contributed by atoms with Crippen LogP contribution in [-0.2, 0) is 11.3 Å². The van der Waals surface area contributed by atoms with E-state index in [0.29, 0.717) is 17.9 Å². The molecule has 144 valence electrons. The number of carbonyl (C=O) groups excluding carboxylic acids is 1. The quantitative estimate of drug-likeness (QED) is 0.713. The molecule has 2 atom stereocenters. The molecule has 5 nitrogen and oxygen atoms in total. The first-order chi connectivity index (χ1) is 13.0. The lowest BCUT2D eigenvalue weighted by molar-refractivity contribution is -0.0704. The van der Waals surface area contributed by atoms with Gasteiger partial charge in [0.05, 0.1) is 12.2 Å². The summed E-state index contributed by atoms with van der Waals surface area (Å²) in [5, 5.41) is 0. The molecule has 1 aromatic heterocycles. The molecular formula is C21H26BrN3O2. The summed E-state index contributed by atoms with van der Waals surface area (Å²) in [6.07, 6.45) is 2.22. The molecule has 1 saturated heterocycles. The van der Waals surface area contributed by atoms with Crippen molar-refractivity contribution < 1.29 is 9.53 Å². The molecule has 0 N–H and O–H groups in total.